The van der Waals surface area contributed by atoms with Gasteiger partial charge in [-0.15, -0.1) is 0 Å². The van der Waals surface area contributed by atoms with Crippen LogP contribution in [0.25, 0.3) is 0 Å². The molecule has 1 aromatic carbocycles. The van der Waals surface area contributed by atoms with Crippen LogP contribution in [0.3, 0.4) is 0 Å². The number of imidazole rings is 1. The van der Waals surface area contributed by atoms with Gasteiger partial charge in [0.2, 0.25) is 0 Å². The number of Topliss-reactive ketones (excluding diaryl/α,β-unsaturated/α-hetero) is 1. The summed E-state index contributed by atoms with van der Waals surface area (Å²) in [6.07, 6.45) is 9.09. The summed E-state index contributed by atoms with van der Waals surface area (Å²) < 4.78 is 6.36. The third kappa shape index (κ3) is 5.43. The molecule has 3 aromatic rings. The van der Waals surface area contributed by atoms with E-state index in [4.69, 9.17) is 4.74 Å². The fraction of sp³-hybridized carbons (Fsp3) is 0.391. The van der Waals surface area contributed by atoms with Crippen LogP contribution in [-0.2, 0) is 4.74 Å². The molecule has 2 amide bonds. The van der Waals surface area contributed by atoms with Gasteiger partial charge in [0.05, 0.1) is 29.3 Å². The molecule has 1 aliphatic heterocycles. The predicted molar refractivity (Wildman–Crippen MR) is 133 cm³/mol. The summed E-state index contributed by atoms with van der Waals surface area (Å²) in [5, 5.41) is 6.89. The number of carbonyl (C=O) groups excluding carboxylic acids is 2. The summed E-state index contributed by atoms with van der Waals surface area (Å²) in [5.41, 5.74) is 2.07. The van der Waals surface area contributed by atoms with Crippen molar-refractivity contribution in [3.8, 4) is 0 Å². The Morgan fingerprint density at radius 1 is 1.15 bits per heavy atom. The number of hydrogen-bond acceptors (Lipinski definition) is 8. The molecule has 1 saturated carbocycles. The number of aromatic nitrogens is 3. The normalized spacial score (nSPS) is 16.5. The zero-order valence-electron chi connectivity index (χ0n) is 18.6. The van der Waals surface area contributed by atoms with Gasteiger partial charge in [-0.05, 0) is 42.8 Å². The molecule has 3 heterocycles. The molecule has 3 N–H and O–H groups in total. The van der Waals surface area contributed by atoms with Gasteiger partial charge in [0, 0.05) is 42.7 Å². The number of ether oxygens (including phenoxy) is 1. The molecule has 0 spiro atoms. The van der Waals surface area contributed by atoms with Gasteiger partial charge < -0.3 is 19.9 Å². The van der Waals surface area contributed by atoms with Gasteiger partial charge in [-0.1, -0.05) is 24.2 Å². The van der Waals surface area contributed by atoms with Crippen molar-refractivity contribution in [1.29, 1.82) is 0 Å². The Morgan fingerprint density at radius 2 is 1.97 bits per heavy atom. The number of H-pyrrole nitrogens is 1. The maximum absolute atomic E-state index is 13.4. The molecule has 2 aromatic heterocycles. The molecule has 0 bridgehead atoms. The molecule has 0 atom stereocenters. The van der Waals surface area contributed by atoms with E-state index in [1.165, 1.54) is 23.1 Å². The van der Waals surface area contributed by atoms with Crippen LogP contribution in [0.4, 0.5) is 21.3 Å². The molecular formula is C23H26N6O3S2. The van der Waals surface area contributed by atoms with Crippen molar-refractivity contribution in [3.63, 3.8) is 0 Å². The van der Waals surface area contributed by atoms with Crippen molar-refractivity contribution >= 4 is 51.4 Å². The summed E-state index contributed by atoms with van der Waals surface area (Å²) in [6.45, 7) is 2.91. The number of ketones is 1. The number of hydrogen-bond donors (Lipinski definition) is 3. The van der Waals surface area contributed by atoms with Crippen molar-refractivity contribution < 1.29 is 14.3 Å². The van der Waals surface area contributed by atoms with Crippen molar-refractivity contribution in [2.45, 2.75) is 35.0 Å². The van der Waals surface area contributed by atoms with E-state index in [0.29, 0.717) is 29.6 Å². The minimum atomic E-state index is -0.427. The highest BCUT2D eigenvalue weighted by Gasteiger charge is 2.27. The first-order chi connectivity index (χ1) is 16.7. The molecule has 0 radical (unpaired) electrons. The first kappa shape index (κ1) is 22.9. The van der Waals surface area contributed by atoms with Crippen molar-refractivity contribution in [3.05, 3.63) is 42.4 Å². The number of benzene rings is 1. The van der Waals surface area contributed by atoms with Crippen molar-refractivity contribution in [2.75, 3.05) is 41.8 Å². The van der Waals surface area contributed by atoms with Crippen LogP contribution in [0, 0.1) is 5.92 Å². The van der Waals surface area contributed by atoms with Gasteiger partial charge in [-0.3, -0.25) is 10.1 Å². The standard InChI is InChI=1S/C23H26N6O3S2/c30-20(15-3-1-2-4-15)17-13-16(29-9-11-32-12-10-29)5-6-18(17)27-21(31)28-23-26-14-19(34-23)33-22-24-7-8-25-22/h5-8,13-15H,1-4,9-12H2,(H,24,25)(H2,26,27,28,31). The lowest BCUT2D eigenvalue weighted by atomic mass is 9.94. The second-order valence-corrected chi connectivity index (χ2v) is 10.6. The summed E-state index contributed by atoms with van der Waals surface area (Å²) in [6, 6.07) is 5.27. The van der Waals surface area contributed by atoms with Crippen LogP contribution in [0.2, 0.25) is 0 Å². The van der Waals surface area contributed by atoms with Crippen molar-refractivity contribution in [2.24, 2.45) is 5.92 Å². The number of aromatic amines is 1. The second kappa shape index (κ2) is 10.6. The molecule has 2 aliphatic rings. The third-order valence-electron chi connectivity index (χ3n) is 5.99. The van der Waals surface area contributed by atoms with Crippen LogP contribution >= 0.6 is 23.1 Å². The number of thiazole rings is 1. The average molecular weight is 499 g/mol. The zero-order valence-corrected chi connectivity index (χ0v) is 20.2. The Labute approximate surface area is 205 Å². The van der Waals surface area contributed by atoms with Gasteiger partial charge in [0.1, 0.15) is 0 Å². The lowest BCUT2D eigenvalue weighted by Crippen LogP contribution is -2.36. The van der Waals surface area contributed by atoms with Gasteiger partial charge in [0.25, 0.3) is 0 Å². The second-order valence-electron chi connectivity index (χ2n) is 8.23. The number of nitrogens with zero attached hydrogens (tertiary/aromatic N) is 3. The molecule has 178 valence electrons. The first-order valence-corrected chi connectivity index (χ1v) is 13.0. The van der Waals surface area contributed by atoms with Crippen LogP contribution in [-0.4, -0.2) is 53.1 Å². The summed E-state index contributed by atoms with van der Waals surface area (Å²) in [4.78, 5) is 39.8. The Hall–Kier alpha value is -2.89. The van der Waals surface area contributed by atoms with Gasteiger partial charge in [-0.2, -0.15) is 0 Å². The lowest BCUT2D eigenvalue weighted by Gasteiger charge is -2.29. The Kier molecular flexibility index (Phi) is 7.12. The van der Waals surface area contributed by atoms with Gasteiger partial charge >= 0.3 is 6.03 Å². The van der Waals surface area contributed by atoms with Crippen LogP contribution < -0.4 is 15.5 Å². The Morgan fingerprint density at radius 3 is 2.74 bits per heavy atom. The minimum Gasteiger partial charge on any atom is -0.378 e. The molecule has 5 rings (SSSR count). The molecule has 34 heavy (non-hydrogen) atoms. The number of urea groups is 1. The molecule has 0 unspecified atom stereocenters. The number of anilines is 3. The predicted octanol–water partition coefficient (Wildman–Crippen LogP) is 4.87. The highest BCUT2D eigenvalue weighted by Crippen LogP contribution is 2.34. The monoisotopic (exact) mass is 498 g/mol. The summed E-state index contributed by atoms with van der Waals surface area (Å²) in [5.74, 6) is 0.123. The first-order valence-electron chi connectivity index (χ1n) is 11.4. The largest absolute Gasteiger partial charge is 0.378 e. The molecule has 2 fully saturated rings. The van der Waals surface area contributed by atoms with Crippen LogP contribution in [0.5, 0.6) is 0 Å². The van der Waals surface area contributed by atoms with E-state index in [-0.39, 0.29) is 11.7 Å². The maximum Gasteiger partial charge on any atom is 0.325 e. The molecule has 1 aliphatic carbocycles. The van der Waals surface area contributed by atoms with E-state index in [0.717, 1.165) is 53.8 Å². The van der Waals surface area contributed by atoms with Crippen LogP contribution in [0.15, 0.2) is 46.2 Å². The van der Waals surface area contributed by atoms with E-state index < -0.39 is 6.03 Å². The topological polar surface area (TPSA) is 112 Å². The molecule has 11 heteroatoms. The van der Waals surface area contributed by atoms with E-state index in [1.807, 2.05) is 18.2 Å². The highest BCUT2D eigenvalue weighted by atomic mass is 32.2. The molecule has 9 nitrogen and oxygen atoms in total. The smallest absolute Gasteiger partial charge is 0.325 e. The molecular weight excluding hydrogens is 472 g/mol. The van der Waals surface area contributed by atoms with E-state index >= 15 is 0 Å². The van der Waals surface area contributed by atoms with E-state index in [9.17, 15) is 9.59 Å². The maximum atomic E-state index is 13.4. The number of morpholine rings is 1. The summed E-state index contributed by atoms with van der Waals surface area (Å²) in [7, 11) is 0. The quantitative estimate of drug-likeness (QED) is 0.398. The molecule has 1 saturated heterocycles. The minimum absolute atomic E-state index is 0.0173. The average Bonchev–Trinajstić information content (AvgIpc) is 3.64. The lowest BCUT2D eigenvalue weighted by molar-refractivity contribution is 0.0923. The third-order valence-corrected chi connectivity index (χ3v) is 7.92. The van der Waals surface area contributed by atoms with Gasteiger partial charge in [-0.25, -0.2) is 14.8 Å². The zero-order chi connectivity index (χ0) is 23.3. The Balaban J connectivity index is 1.31. The number of nitrogens with one attached hydrogen (secondary N) is 3. The van der Waals surface area contributed by atoms with Crippen molar-refractivity contribution in [1.82, 2.24) is 15.0 Å². The van der Waals surface area contributed by atoms with E-state index in [2.05, 4.69) is 30.5 Å². The van der Waals surface area contributed by atoms with E-state index in [1.54, 1.807) is 18.6 Å². The summed E-state index contributed by atoms with van der Waals surface area (Å²) >= 11 is 2.80. The highest BCUT2D eigenvalue weighted by molar-refractivity contribution is 8.01. The Bertz CT molecular complexity index is 1140. The number of carbonyl (C=O) groups is 2. The fourth-order valence-electron chi connectivity index (χ4n) is 4.29. The fourth-order valence-corrected chi connectivity index (χ4v) is 6.01. The van der Waals surface area contributed by atoms with Gasteiger partial charge in [0.15, 0.2) is 16.1 Å². The van der Waals surface area contributed by atoms with Crippen LogP contribution in [0.1, 0.15) is 36.0 Å². The number of amides is 2. The SMILES string of the molecule is O=C(Nc1ncc(Sc2ncc[nH]2)s1)Nc1ccc(N2CCOCC2)cc1C(=O)C1CCCC1. The number of rotatable bonds is 7.